The second kappa shape index (κ2) is 7.79. The van der Waals surface area contributed by atoms with Crippen LogP contribution in [0.4, 0.5) is 0 Å². The van der Waals surface area contributed by atoms with Crippen molar-refractivity contribution in [3.63, 3.8) is 0 Å². The van der Waals surface area contributed by atoms with E-state index in [1.54, 1.807) is 0 Å². The molecule has 3 heteroatoms. The summed E-state index contributed by atoms with van der Waals surface area (Å²) in [4.78, 5) is 0. The third-order valence-corrected chi connectivity index (χ3v) is 11.0. The Kier molecular flexibility index (Phi) is 5.44. The molecule has 0 aliphatic heterocycles. The molecule has 1 aromatic heterocycles. The van der Waals surface area contributed by atoms with Crippen LogP contribution in [-0.2, 0) is 0 Å². The number of rotatable bonds is 5. The van der Waals surface area contributed by atoms with Gasteiger partial charge in [-0.15, -0.1) is 0 Å². The normalized spacial score (nSPS) is 44.0. The second-order valence-corrected chi connectivity index (χ2v) is 12.2. The van der Waals surface area contributed by atoms with Crippen LogP contribution in [0.25, 0.3) is 0 Å². The summed E-state index contributed by atoms with van der Waals surface area (Å²) in [7, 11) is 0. The van der Waals surface area contributed by atoms with Crippen molar-refractivity contribution < 1.29 is 4.42 Å². The first-order valence-electron chi connectivity index (χ1n) is 12.1. The number of fused-ring (bicyclic) bond motifs is 5. The lowest BCUT2D eigenvalue weighted by Crippen LogP contribution is -2.50. The molecule has 0 radical (unpaired) electrons. The van der Waals surface area contributed by atoms with Gasteiger partial charge in [0.25, 0.3) is 0 Å². The van der Waals surface area contributed by atoms with E-state index in [0.717, 1.165) is 36.0 Å². The Morgan fingerprint density at radius 1 is 1.10 bits per heavy atom. The topological polar surface area (TPSA) is 39.2 Å². The zero-order chi connectivity index (χ0) is 20.1. The van der Waals surface area contributed by atoms with Crippen LogP contribution in [0, 0.1) is 28.6 Å². The molecule has 1 aromatic rings. The molecule has 2 nitrogen and oxygen atoms in total. The van der Waals surface area contributed by atoms with Crippen LogP contribution >= 0.6 is 11.8 Å². The minimum atomic E-state index is 0.475. The molecule has 3 saturated carbocycles. The highest BCUT2D eigenvalue weighted by atomic mass is 32.2. The molecular formula is C26H39NOS. The summed E-state index contributed by atoms with van der Waals surface area (Å²) in [6.07, 6.45) is 19.0. The van der Waals surface area contributed by atoms with E-state index in [4.69, 9.17) is 10.2 Å². The maximum absolute atomic E-state index is 5.70. The fourth-order valence-corrected chi connectivity index (χ4v) is 9.35. The molecule has 0 saturated heterocycles. The van der Waals surface area contributed by atoms with Gasteiger partial charge < -0.3 is 10.2 Å². The van der Waals surface area contributed by atoms with Crippen molar-refractivity contribution in [1.82, 2.24) is 0 Å². The first-order valence-corrected chi connectivity index (χ1v) is 13.2. The highest BCUT2D eigenvalue weighted by molar-refractivity contribution is 8.00. The lowest BCUT2D eigenvalue weighted by Gasteiger charge is -2.58. The summed E-state index contributed by atoms with van der Waals surface area (Å²) in [6, 6.07) is 2.23. The summed E-state index contributed by atoms with van der Waals surface area (Å²) in [6.45, 7) is 6.09. The largest absolute Gasteiger partial charge is 0.472 e. The fraction of sp³-hybridized carbons (Fsp3) is 0.769. The molecule has 5 rings (SSSR count). The predicted octanol–water partition coefficient (Wildman–Crippen LogP) is 6.78. The highest BCUT2D eigenvalue weighted by Gasteiger charge is 2.59. The molecule has 0 unspecified atom stereocenters. The number of furan rings is 1. The molecule has 0 aromatic carbocycles. The van der Waals surface area contributed by atoms with Gasteiger partial charge in [0.1, 0.15) is 0 Å². The summed E-state index contributed by atoms with van der Waals surface area (Å²) in [5.41, 5.74) is 9.95. The van der Waals surface area contributed by atoms with Gasteiger partial charge in [-0.1, -0.05) is 25.5 Å². The number of nitrogens with two attached hydrogens (primary N) is 1. The number of hydrogen-bond donors (Lipinski definition) is 1. The van der Waals surface area contributed by atoms with Crippen molar-refractivity contribution in [3.05, 3.63) is 35.8 Å². The summed E-state index contributed by atoms with van der Waals surface area (Å²) >= 11 is 2.15. The quantitative estimate of drug-likeness (QED) is 0.427. The summed E-state index contributed by atoms with van der Waals surface area (Å²) in [5, 5.41) is 0.743. The number of allylic oxidation sites excluding steroid dienone is 1. The number of hydrogen-bond acceptors (Lipinski definition) is 3. The predicted molar refractivity (Wildman–Crippen MR) is 123 cm³/mol. The molecular weight excluding hydrogens is 374 g/mol. The third kappa shape index (κ3) is 3.26. The SMILES string of the molecule is C[C@]12CC[C@H]3[C@@H](CCC4=C[C@@H](SCCCN)CC[C@@]43C)[C@@H]1CC[C@@H]2c1ccoc1. The van der Waals surface area contributed by atoms with E-state index in [2.05, 4.69) is 37.8 Å². The van der Waals surface area contributed by atoms with Crippen LogP contribution in [0.3, 0.4) is 0 Å². The molecule has 1 heterocycles. The first-order chi connectivity index (χ1) is 14.1. The Labute approximate surface area is 181 Å². The third-order valence-electron chi connectivity index (χ3n) is 9.70. The van der Waals surface area contributed by atoms with Gasteiger partial charge in [0.05, 0.1) is 12.5 Å². The molecule has 7 atom stereocenters. The van der Waals surface area contributed by atoms with Crippen LogP contribution in [0.2, 0.25) is 0 Å². The molecule has 0 spiro atoms. The number of thioether (sulfide) groups is 1. The lowest BCUT2D eigenvalue weighted by molar-refractivity contribution is -0.0413. The molecule has 2 N–H and O–H groups in total. The van der Waals surface area contributed by atoms with Crippen LogP contribution in [0.5, 0.6) is 0 Å². The Hall–Kier alpha value is -0.670. The Morgan fingerprint density at radius 2 is 2.00 bits per heavy atom. The molecule has 4 aliphatic carbocycles. The molecule has 0 amide bonds. The zero-order valence-corrected chi connectivity index (χ0v) is 19.2. The van der Waals surface area contributed by atoms with Crippen molar-refractivity contribution in [2.24, 2.45) is 34.3 Å². The maximum atomic E-state index is 5.70. The molecule has 0 bridgehead atoms. The van der Waals surface area contributed by atoms with Gasteiger partial charge in [0, 0.05) is 5.25 Å². The molecule has 4 aliphatic rings. The van der Waals surface area contributed by atoms with Crippen LogP contribution in [0.15, 0.2) is 34.7 Å². The van der Waals surface area contributed by atoms with Crippen molar-refractivity contribution in [2.75, 3.05) is 12.3 Å². The Morgan fingerprint density at radius 3 is 2.79 bits per heavy atom. The fourth-order valence-electron chi connectivity index (χ4n) is 8.17. The van der Waals surface area contributed by atoms with Crippen molar-refractivity contribution in [1.29, 1.82) is 0 Å². The Bertz CT molecular complexity index is 742. The van der Waals surface area contributed by atoms with Gasteiger partial charge in [-0.3, -0.25) is 0 Å². The molecule has 29 heavy (non-hydrogen) atoms. The van der Waals surface area contributed by atoms with E-state index in [9.17, 15) is 0 Å². The minimum absolute atomic E-state index is 0.475. The van der Waals surface area contributed by atoms with Gasteiger partial charge in [-0.05, 0) is 116 Å². The lowest BCUT2D eigenvalue weighted by atomic mass is 9.46. The maximum Gasteiger partial charge on any atom is 0.0937 e. The zero-order valence-electron chi connectivity index (χ0n) is 18.4. The van der Waals surface area contributed by atoms with Crippen molar-refractivity contribution in [3.8, 4) is 0 Å². The molecule has 160 valence electrons. The summed E-state index contributed by atoms with van der Waals surface area (Å²) < 4.78 is 5.47. The van der Waals surface area contributed by atoms with Gasteiger partial charge in [0.15, 0.2) is 0 Å². The van der Waals surface area contributed by atoms with E-state index >= 15 is 0 Å². The van der Waals surface area contributed by atoms with E-state index < -0.39 is 0 Å². The van der Waals surface area contributed by atoms with Gasteiger partial charge in [-0.2, -0.15) is 11.8 Å². The van der Waals surface area contributed by atoms with Gasteiger partial charge in [-0.25, -0.2) is 0 Å². The average Bonchev–Trinajstić information content (AvgIpc) is 3.35. The van der Waals surface area contributed by atoms with E-state index in [-0.39, 0.29) is 0 Å². The first kappa shape index (κ1) is 20.2. The second-order valence-electron chi connectivity index (χ2n) is 10.8. The van der Waals surface area contributed by atoms with Gasteiger partial charge in [0.2, 0.25) is 0 Å². The molecule has 3 fully saturated rings. The van der Waals surface area contributed by atoms with Crippen LogP contribution in [-0.4, -0.2) is 17.5 Å². The smallest absolute Gasteiger partial charge is 0.0937 e. The van der Waals surface area contributed by atoms with Crippen molar-refractivity contribution in [2.45, 2.75) is 82.8 Å². The van der Waals surface area contributed by atoms with E-state index in [1.165, 1.54) is 62.7 Å². The van der Waals surface area contributed by atoms with Gasteiger partial charge >= 0.3 is 0 Å². The summed E-state index contributed by atoms with van der Waals surface area (Å²) in [5.74, 6) is 4.71. The minimum Gasteiger partial charge on any atom is -0.472 e. The standard InChI is InChI=1S/C26H39NOS/c1-25-11-8-20(29-15-3-13-27)16-19(25)4-5-21-23-7-6-22(18-10-14-28-17-18)26(23,2)12-9-24(21)25/h10,14,16-17,20-24H,3-9,11-13,15,27H2,1-2H3/t20-,21-,22+,23-,24-,25-,26+/m0/s1. The Balaban J connectivity index is 1.35. The average molecular weight is 414 g/mol. The van der Waals surface area contributed by atoms with E-state index in [1.807, 2.05) is 18.1 Å². The van der Waals surface area contributed by atoms with Crippen molar-refractivity contribution >= 4 is 11.8 Å². The highest BCUT2D eigenvalue weighted by Crippen LogP contribution is 2.68. The van der Waals surface area contributed by atoms with Crippen LogP contribution < -0.4 is 5.73 Å². The monoisotopic (exact) mass is 413 g/mol. The van der Waals surface area contributed by atoms with Crippen LogP contribution in [0.1, 0.15) is 83.1 Å². The van der Waals surface area contributed by atoms with E-state index in [0.29, 0.717) is 16.7 Å².